The van der Waals surface area contributed by atoms with Gasteiger partial charge in [0.15, 0.2) is 0 Å². The summed E-state index contributed by atoms with van der Waals surface area (Å²) in [5.41, 5.74) is -0.0329. The molecular formula is C10H19NO2. The number of nitrogens with one attached hydrogen (secondary N) is 1. The molecule has 2 rings (SSSR count). The van der Waals surface area contributed by atoms with Crippen molar-refractivity contribution in [3.8, 4) is 0 Å². The molecule has 2 aliphatic rings. The summed E-state index contributed by atoms with van der Waals surface area (Å²) < 4.78 is 11.6. The molecule has 0 spiro atoms. The summed E-state index contributed by atoms with van der Waals surface area (Å²) in [6.45, 7) is 7.04. The number of morpholine rings is 1. The van der Waals surface area contributed by atoms with Crippen LogP contribution in [0.5, 0.6) is 0 Å². The molecule has 3 nitrogen and oxygen atoms in total. The van der Waals surface area contributed by atoms with Crippen LogP contribution in [-0.2, 0) is 9.47 Å². The summed E-state index contributed by atoms with van der Waals surface area (Å²) in [5.74, 6) is 0. The Kier molecular flexibility index (Phi) is 2.58. The largest absolute Gasteiger partial charge is 0.375 e. The average Bonchev–Trinajstić information content (AvgIpc) is 2.53. The Labute approximate surface area is 79.8 Å². The van der Waals surface area contributed by atoms with Crippen molar-refractivity contribution in [1.29, 1.82) is 0 Å². The van der Waals surface area contributed by atoms with Crippen molar-refractivity contribution in [2.45, 2.75) is 44.5 Å². The number of hydrogen-bond donors (Lipinski definition) is 1. The summed E-state index contributed by atoms with van der Waals surface area (Å²) in [4.78, 5) is 0. The number of hydrogen-bond acceptors (Lipinski definition) is 3. The molecule has 2 heterocycles. The summed E-state index contributed by atoms with van der Waals surface area (Å²) in [5, 5.41) is 3.40. The highest BCUT2D eigenvalue weighted by Gasteiger charge is 2.35. The van der Waals surface area contributed by atoms with E-state index in [9.17, 15) is 0 Å². The van der Waals surface area contributed by atoms with Crippen molar-refractivity contribution in [2.75, 3.05) is 19.7 Å². The van der Waals surface area contributed by atoms with Crippen LogP contribution in [0.4, 0.5) is 0 Å². The molecule has 0 aromatic heterocycles. The highest BCUT2D eigenvalue weighted by Crippen LogP contribution is 2.24. The van der Waals surface area contributed by atoms with Gasteiger partial charge < -0.3 is 14.8 Å². The molecule has 0 aliphatic carbocycles. The van der Waals surface area contributed by atoms with Crippen LogP contribution in [0.15, 0.2) is 0 Å². The first-order chi connectivity index (χ1) is 6.17. The first-order valence-corrected chi connectivity index (χ1v) is 5.17. The van der Waals surface area contributed by atoms with Crippen LogP contribution in [0.3, 0.4) is 0 Å². The van der Waals surface area contributed by atoms with Crippen LogP contribution in [0.1, 0.15) is 26.7 Å². The van der Waals surface area contributed by atoms with E-state index in [0.717, 1.165) is 26.1 Å². The third kappa shape index (κ3) is 2.22. The van der Waals surface area contributed by atoms with Gasteiger partial charge in [0.1, 0.15) is 0 Å². The van der Waals surface area contributed by atoms with Crippen LogP contribution >= 0.6 is 0 Å². The van der Waals surface area contributed by atoms with Gasteiger partial charge in [-0.2, -0.15) is 0 Å². The first-order valence-electron chi connectivity index (χ1n) is 5.17. The van der Waals surface area contributed by atoms with Crippen molar-refractivity contribution >= 4 is 0 Å². The molecule has 0 aromatic rings. The Bertz CT molecular complexity index is 176. The molecule has 0 radical (unpaired) electrons. The van der Waals surface area contributed by atoms with Crippen molar-refractivity contribution < 1.29 is 9.47 Å². The van der Waals surface area contributed by atoms with Gasteiger partial charge in [-0.3, -0.25) is 0 Å². The molecule has 0 aromatic carbocycles. The van der Waals surface area contributed by atoms with Gasteiger partial charge in [0.2, 0.25) is 0 Å². The minimum Gasteiger partial charge on any atom is -0.375 e. The highest BCUT2D eigenvalue weighted by molar-refractivity contribution is 4.86. The van der Waals surface area contributed by atoms with Crippen molar-refractivity contribution in [3.05, 3.63) is 0 Å². The van der Waals surface area contributed by atoms with E-state index >= 15 is 0 Å². The number of rotatable bonds is 1. The van der Waals surface area contributed by atoms with Crippen LogP contribution in [0.2, 0.25) is 0 Å². The zero-order valence-corrected chi connectivity index (χ0v) is 8.51. The average molecular weight is 185 g/mol. The normalized spacial score (nSPS) is 39.2. The van der Waals surface area contributed by atoms with Gasteiger partial charge in [-0.15, -0.1) is 0 Å². The molecule has 3 heteroatoms. The highest BCUT2D eigenvalue weighted by atomic mass is 16.6. The van der Waals surface area contributed by atoms with E-state index in [1.807, 2.05) is 0 Å². The van der Waals surface area contributed by atoms with Gasteiger partial charge in [-0.25, -0.2) is 0 Å². The van der Waals surface area contributed by atoms with Crippen molar-refractivity contribution in [1.82, 2.24) is 5.32 Å². The minimum absolute atomic E-state index is 0.0329. The third-order valence-corrected chi connectivity index (χ3v) is 2.75. The molecule has 13 heavy (non-hydrogen) atoms. The first kappa shape index (κ1) is 9.44. The van der Waals surface area contributed by atoms with Gasteiger partial charge in [0, 0.05) is 19.7 Å². The lowest BCUT2D eigenvalue weighted by molar-refractivity contribution is -0.139. The van der Waals surface area contributed by atoms with Crippen LogP contribution in [-0.4, -0.2) is 37.5 Å². The SMILES string of the molecule is CC1(C)CNCC(C2CCCO2)O1. The molecule has 0 amide bonds. The summed E-state index contributed by atoms with van der Waals surface area (Å²) in [7, 11) is 0. The van der Waals surface area contributed by atoms with Gasteiger partial charge >= 0.3 is 0 Å². The lowest BCUT2D eigenvalue weighted by Gasteiger charge is -2.38. The van der Waals surface area contributed by atoms with E-state index in [4.69, 9.17) is 9.47 Å². The van der Waals surface area contributed by atoms with Gasteiger partial charge in [-0.1, -0.05) is 0 Å². The van der Waals surface area contributed by atoms with Crippen molar-refractivity contribution in [3.63, 3.8) is 0 Å². The van der Waals surface area contributed by atoms with Gasteiger partial charge in [0.05, 0.1) is 17.8 Å². The standard InChI is InChI=1S/C10H19NO2/c1-10(2)7-11-6-9(13-10)8-4-3-5-12-8/h8-9,11H,3-7H2,1-2H3. The third-order valence-electron chi connectivity index (χ3n) is 2.75. The molecule has 2 atom stereocenters. The lowest BCUT2D eigenvalue weighted by Crippen LogP contribution is -2.54. The zero-order valence-electron chi connectivity index (χ0n) is 8.51. The van der Waals surface area contributed by atoms with Gasteiger partial charge in [0.25, 0.3) is 0 Å². The zero-order chi connectivity index (χ0) is 9.31. The monoisotopic (exact) mass is 185 g/mol. The van der Waals surface area contributed by atoms with Crippen LogP contribution in [0, 0.1) is 0 Å². The second kappa shape index (κ2) is 3.56. The lowest BCUT2D eigenvalue weighted by atomic mass is 10.0. The predicted molar refractivity (Wildman–Crippen MR) is 50.8 cm³/mol. The number of ether oxygens (including phenoxy) is 2. The maximum atomic E-state index is 5.97. The Morgan fingerprint density at radius 1 is 1.31 bits per heavy atom. The fourth-order valence-electron chi connectivity index (χ4n) is 2.11. The molecule has 1 N–H and O–H groups in total. The topological polar surface area (TPSA) is 30.5 Å². The van der Waals surface area contributed by atoms with Crippen molar-refractivity contribution in [2.24, 2.45) is 0 Å². The summed E-state index contributed by atoms with van der Waals surface area (Å²) in [6.07, 6.45) is 2.92. The molecule has 0 saturated carbocycles. The van der Waals surface area contributed by atoms with E-state index in [1.165, 1.54) is 6.42 Å². The van der Waals surface area contributed by atoms with Crippen LogP contribution in [0.25, 0.3) is 0 Å². The second-order valence-electron chi connectivity index (χ2n) is 4.60. The van der Waals surface area contributed by atoms with E-state index in [0.29, 0.717) is 6.10 Å². The Balaban J connectivity index is 1.91. The fourth-order valence-corrected chi connectivity index (χ4v) is 2.11. The minimum atomic E-state index is -0.0329. The molecule has 76 valence electrons. The fraction of sp³-hybridized carbons (Fsp3) is 1.00. The molecule has 2 fully saturated rings. The van der Waals surface area contributed by atoms with E-state index < -0.39 is 0 Å². The smallest absolute Gasteiger partial charge is 0.0968 e. The molecule has 2 unspecified atom stereocenters. The van der Waals surface area contributed by atoms with E-state index in [-0.39, 0.29) is 11.7 Å². The Morgan fingerprint density at radius 3 is 2.77 bits per heavy atom. The summed E-state index contributed by atoms with van der Waals surface area (Å²) >= 11 is 0. The van der Waals surface area contributed by atoms with Gasteiger partial charge in [-0.05, 0) is 26.7 Å². The van der Waals surface area contributed by atoms with E-state index in [2.05, 4.69) is 19.2 Å². The van der Waals surface area contributed by atoms with E-state index in [1.54, 1.807) is 0 Å². The Hall–Kier alpha value is -0.120. The second-order valence-corrected chi connectivity index (χ2v) is 4.60. The summed E-state index contributed by atoms with van der Waals surface area (Å²) in [6, 6.07) is 0. The predicted octanol–water partition coefficient (Wildman–Crippen LogP) is 0.932. The maximum absolute atomic E-state index is 5.97. The molecule has 2 saturated heterocycles. The quantitative estimate of drug-likeness (QED) is 0.659. The molecule has 2 aliphatic heterocycles. The Morgan fingerprint density at radius 2 is 2.15 bits per heavy atom. The molecular weight excluding hydrogens is 166 g/mol. The molecule has 0 bridgehead atoms. The van der Waals surface area contributed by atoms with Crippen LogP contribution < -0.4 is 5.32 Å². The maximum Gasteiger partial charge on any atom is 0.0968 e.